The van der Waals surface area contributed by atoms with Crippen molar-refractivity contribution in [2.45, 2.75) is 70.6 Å². The minimum atomic E-state index is 0.528. The lowest BCUT2D eigenvalue weighted by atomic mass is 9.86. The Labute approximate surface area is 162 Å². The third-order valence-electron chi connectivity index (χ3n) is 6.34. The lowest BCUT2D eigenvalue weighted by Crippen LogP contribution is -2.52. The fourth-order valence-corrected chi connectivity index (χ4v) is 5.31. The van der Waals surface area contributed by atoms with E-state index in [2.05, 4.69) is 49.6 Å². The van der Waals surface area contributed by atoms with Crippen LogP contribution in [0.15, 0.2) is 0 Å². The number of likely N-dealkylation sites (N-methyl/N-ethyl adjacent to an activating group) is 1. The molecule has 4 nitrogen and oxygen atoms in total. The highest BCUT2D eigenvalue weighted by atomic mass is 127. The number of rotatable bonds is 5. The molecular weight excluding hydrogens is 413 g/mol. The van der Waals surface area contributed by atoms with Crippen LogP contribution in [-0.4, -0.2) is 77.0 Å². The van der Waals surface area contributed by atoms with E-state index < -0.39 is 0 Å². The third-order valence-corrected chi connectivity index (χ3v) is 7.30. The molecule has 0 aromatic heterocycles. The Kier molecular flexibility index (Phi) is 7.65. The Morgan fingerprint density at radius 3 is 2.21 bits per heavy atom. The monoisotopic (exact) mass is 449 g/mol. The molecule has 0 spiro atoms. The van der Waals surface area contributed by atoms with Gasteiger partial charge in [0, 0.05) is 68.2 Å². The van der Waals surface area contributed by atoms with E-state index in [9.17, 15) is 0 Å². The molecule has 0 bridgehead atoms. The van der Waals surface area contributed by atoms with Crippen LogP contribution in [0.25, 0.3) is 0 Å². The zero-order valence-electron chi connectivity index (χ0n) is 15.6. The van der Waals surface area contributed by atoms with E-state index in [1.54, 1.807) is 0 Å². The molecule has 0 N–H and O–H groups in total. The van der Waals surface area contributed by atoms with Crippen LogP contribution < -0.4 is 0 Å². The average Bonchev–Trinajstić information content (AvgIpc) is 2.59. The second-order valence-electron chi connectivity index (χ2n) is 8.13. The minimum Gasteiger partial charge on any atom is -0.375 e. The number of piperidine rings is 1. The highest BCUT2D eigenvalue weighted by molar-refractivity contribution is 14.1. The molecule has 1 unspecified atom stereocenters. The summed E-state index contributed by atoms with van der Waals surface area (Å²) in [5.74, 6) is 0.904. The second kappa shape index (κ2) is 9.49. The number of hydrogen-bond acceptors (Lipinski definition) is 4. The van der Waals surface area contributed by atoms with Gasteiger partial charge in [-0.3, -0.25) is 4.90 Å². The summed E-state index contributed by atoms with van der Waals surface area (Å²) < 4.78 is 8.81. The summed E-state index contributed by atoms with van der Waals surface area (Å²) in [7, 11) is 0. The number of hydrogen-bond donors (Lipinski definition) is 0. The first kappa shape index (κ1) is 19.3. The van der Waals surface area contributed by atoms with Crippen LogP contribution in [0.3, 0.4) is 0 Å². The Hall–Kier alpha value is 0.570. The van der Waals surface area contributed by atoms with E-state index in [0.717, 1.165) is 12.0 Å². The van der Waals surface area contributed by atoms with Gasteiger partial charge in [0.25, 0.3) is 0 Å². The van der Waals surface area contributed by atoms with E-state index in [1.165, 1.54) is 84.3 Å². The van der Waals surface area contributed by atoms with Crippen molar-refractivity contribution in [3.05, 3.63) is 0 Å². The predicted molar refractivity (Wildman–Crippen MR) is 109 cm³/mol. The molecule has 0 aromatic rings. The molecule has 3 rings (SSSR count). The first-order chi connectivity index (χ1) is 11.6. The summed E-state index contributed by atoms with van der Waals surface area (Å²) in [4.78, 5) is 5.33. The molecule has 24 heavy (non-hydrogen) atoms. The maximum atomic E-state index is 6.41. The number of ether oxygens (including phenoxy) is 1. The molecule has 3 fully saturated rings. The minimum absolute atomic E-state index is 0.528. The summed E-state index contributed by atoms with van der Waals surface area (Å²) in [6, 6.07) is 0.729. The van der Waals surface area contributed by atoms with Gasteiger partial charge in [0.05, 0.1) is 12.2 Å². The van der Waals surface area contributed by atoms with E-state index in [4.69, 9.17) is 4.74 Å². The molecule has 1 aliphatic carbocycles. The van der Waals surface area contributed by atoms with Crippen molar-refractivity contribution in [1.29, 1.82) is 0 Å². The fourth-order valence-electron chi connectivity index (χ4n) is 4.75. The molecule has 1 atom stereocenters. The molecule has 0 amide bonds. The largest absolute Gasteiger partial charge is 0.375 e. The van der Waals surface area contributed by atoms with Gasteiger partial charge in [-0.25, -0.2) is 3.11 Å². The Bertz CT molecular complexity index is 368. The summed E-state index contributed by atoms with van der Waals surface area (Å²) in [6.45, 7) is 13.4. The van der Waals surface area contributed by atoms with Gasteiger partial charge in [-0.15, -0.1) is 0 Å². The molecule has 1 saturated carbocycles. The van der Waals surface area contributed by atoms with Gasteiger partial charge in [-0.2, -0.15) is 0 Å². The van der Waals surface area contributed by atoms with Crippen molar-refractivity contribution in [3.63, 3.8) is 0 Å². The summed E-state index contributed by atoms with van der Waals surface area (Å²) in [6.07, 6.45) is 8.85. The van der Waals surface area contributed by atoms with Crippen molar-refractivity contribution in [2.75, 3.05) is 45.8 Å². The molecule has 2 saturated heterocycles. The Balaban J connectivity index is 1.33. The highest BCUT2D eigenvalue weighted by Crippen LogP contribution is 2.30. The Morgan fingerprint density at radius 1 is 0.917 bits per heavy atom. The lowest BCUT2D eigenvalue weighted by molar-refractivity contribution is -0.0549. The van der Waals surface area contributed by atoms with Crippen LogP contribution in [0.2, 0.25) is 0 Å². The normalized spacial score (nSPS) is 35.4. The fraction of sp³-hybridized carbons (Fsp3) is 1.00. The van der Waals surface area contributed by atoms with Gasteiger partial charge >= 0.3 is 0 Å². The molecule has 0 aromatic carbocycles. The maximum Gasteiger partial charge on any atom is 0.0603 e. The quantitative estimate of drug-likeness (QED) is 0.473. The second-order valence-corrected chi connectivity index (χ2v) is 9.49. The van der Waals surface area contributed by atoms with Gasteiger partial charge < -0.3 is 9.64 Å². The van der Waals surface area contributed by atoms with E-state index >= 15 is 0 Å². The van der Waals surface area contributed by atoms with Gasteiger partial charge in [-0.05, 0) is 57.9 Å². The SMILES string of the molecule is CCN1CCN(CC2CCC(OC3CCN(I)CC3)CC2)CC1C. The summed E-state index contributed by atoms with van der Waals surface area (Å²) in [5.41, 5.74) is 0. The van der Waals surface area contributed by atoms with Crippen LogP contribution in [0, 0.1) is 5.92 Å². The third kappa shape index (κ3) is 5.53. The molecule has 5 heteroatoms. The summed E-state index contributed by atoms with van der Waals surface area (Å²) in [5, 5.41) is 0. The van der Waals surface area contributed by atoms with Gasteiger partial charge in [0.15, 0.2) is 0 Å². The van der Waals surface area contributed by atoms with Crippen molar-refractivity contribution in [1.82, 2.24) is 12.9 Å². The zero-order chi connectivity index (χ0) is 16.9. The van der Waals surface area contributed by atoms with Crippen molar-refractivity contribution in [2.24, 2.45) is 5.92 Å². The van der Waals surface area contributed by atoms with E-state index in [-0.39, 0.29) is 0 Å². The topological polar surface area (TPSA) is 19.0 Å². The van der Waals surface area contributed by atoms with Gasteiger partial charge in [0.2, 0.25) is 0 Å². The van der Waals surface area contributed by atoms with Gasteiger partial charge in [0.1, 0.15) is 0 Å². The molecule has 140 valence electrons. The van der Waals surface area contributed by atoms with E-state index in [1.807, 2.05) is 0 Å². The van der Waals surface area contributed by atoms with Crippen LogP contribution in [0.1, 0.15) is 52.4 Å². The van der Waals surface area contributed by atoms with Crippen molar-refractivity contribution >= 4 is 22.9 Å². The molecule has 2 aliphatic heterocycles. The lowest BCUT2D eigenvalue weighted by Gasteiger charge is -2.41. The van der Waals surface area contributed by atoms with Crippen molar-refractivity contribution in [3.8, 4) is 0 Å². The van der Waals surface area contributed by atoms with Crippen molar-refractivity contribution < 1.29 is 4.74 Å². The van der Waals surface area contributed by atoms with Gasteiger partial charge in [-0.1, -0.05) is 6.92 Å². The average molecular weight is 449 g/mol. The van der Waals surface area contributed by atoms with Crippen LogP contribution in [-0.2, 0) is 4.74 Å². The first-order valence-corrected chi connectivity index (χ1v) is 11.1. The zero-order valence-corrected chi connectivity index (χ0v) is 17.8. The standard InChI is InChI=1S/C19H36IN3O/c1-3-22-13-12-21(14-16(22)2)15-17-4-6-18(7-5-17)24-19-8-10-23(20)11-9-19/h16-19H,3-15H2,1-2H3. The van der Waals surface area contributed by atoms with E-state index in [0.29, 0.717) is 12.2 Å². The Morgan fingerprint density at radius 2 is 1.58 bits per heavy atom. The predicted octanol–water partition coefficient (Wildman–Crippen LogP) is 3.40. The van der Waals surface area contributed by atoms with Crippen LogP contribution in [0.5, 0.6) is 0 Å². The van der Waals surface area contributed by atoms with Crippen LogP contribution in [0.4, 0.5) is 0 Å². The number of halogens is 1. The number of nitrogens with zero attached hydrogens (tertiary/aromatic N) is 3. The smallest absolute Gasteiger partial charge is 0.0603 e. The molecular formula is C19H36IN3O. The summed E-state index contributed by atoms with van der Waals surface area (Å²) >= 11 is 2.44. The molecule has 0 radical (unpaired) electrons. The highest BCUT2D eigenvalue weighted by Gasteiger charge is 2.29. The van der Waals surface area contributed by atoms with Crippen LogP contribution >= 0.6 is 22.9 Å². The number of piperazine rings is 1. The molecule has 2 heterocycles. The first-order valence-electron chi connectivity index (χ1n) is 10.2. The maximum absolute atomic E-state index is 6.41. The molecule has 3 aliphatic rings.